The van der Waals surface area contributed by atoms with Crippen LogP contribution < -0.4 is 32.5 Å². The predicted molar refractivity (Wildman–Crippen MR) is 65.8 cm³/mol. The van der Waals surface area contributed by atoms with Crippen LogP contribution in [0.5, 0.6) is 0 Å². The van der Waals surface area contributed by atoms with Gasteiger partial charge in [0, 0.05) is 14.1 Å². The highest BCUT2D eigenvalue weighted by Crippen LogP contribution is 2.28. The van der Waals surface area contributed by atoms with E-state index in [1.165, 1.54) is 37.0 Å². The van der Waals surface area contributed by atoms with E-state index in [4.69, 9.17) is 0 Å². The molecule has 0 fully saturated rings. The second-order valence-electron chi connectivity index (χ2n) is 4.33. The molecule has 0 unspecified atom stereocenters. The largest absolute Gasteiger partial charge is 0.416 e. The summed E-state index contributed by atoms with van der Waals surface area (Å²) >= 11 is -0.949. The van der Waals surface area contributed by atoms with Crippen LogP contribution in [-0.4, -0.2) is 9.13 Å². The Hall–Kier alpha value is -1.58. The molecule has 0 aliphatic rings. The number of alkyl halides is 3. The number of aromatic nitrogens is 2. The number of nitrogens with zero attached hydrogens (tertiary/aromatic N) is 2. The van der Waals surface area contributed by atoms with Crippen molar-refractivity contribution in [3.05, 3.63) is 64.0 Å². The van der Waals surface area contributed by atoms with Crippen molar-refractivity contribution in [2.45, 2.75) is 6.18 Å². The van der Waals surface area contributed by atoms with Crippen LogP contribution in [0.25, 0.3) is 0 Å². The minimum Gasteiger partial charge on any atom is -0.299 e. The molecule has 112 valence electrons. The molecule has 21 heavy (non-hydrogen) atoms. The Morgan fingerprint density at radius 3 is 2.14 bits per heavy atom. The first kappa shape index (κ1) is 15.8. The minimum atomic E-state index is -4.37. The monoisotopic (exact) mass is 411 g/mol. The van der Waals surface area contributed by atoms with Gasteiger partial charge in [-0.15, -0.1) is 0 Å². The van der Waals surface area contributed by atoms with Gasteiger partial charge >= 0.3 is 38.6 Å². The van der Waals surface area contributed by atoms with Gasteiger partial charge in [0.25, 0.3) is 3.57 Å². The lowest BCUT2D eigenvalue weighted by Gasteiger charge is -2.04. The van der Waals surface area contributed by atoms with Crippen molar-refractivity contribution in [3.8, 4) is 0 Å². The van der Waals surface area contributed by atoms with Crippen LogP contribution >= 0.6 is 0 Å². The standard InChI is InChI=1S/C13H11F3IN2O2/c1-18-7-10(11(20)19(2)12(18)21)17-9-5-3-8(4-6-9)13(14,15)16/h3-7H,1-2H3/q+1. The molecule has 0 aliphatic carbocycles. The molecule has 0 spiro atoms. The van der Waals surface area contributed by atoms with Crippen molar-refractivity contribution >= 4 is 0 Å². The van der Waals surface area contributed by atoms with E-state index >= 15 is 0 Å². The number of benzene rings is 1. The Kier molecular flexibility index (Phi) is 4.26. The first-order valence-electron chi connectivity index (χ1n) is 5.79. The topological polar surface area (TPSA) is 44.0 Å². The number of halogens is 4. The maximum Gasteiger partial charge on any atom is 0.416 e. The molecule has 0 radical (unpaired) electrons. The van der Waals surface area contributed by atoms with Crippen LogP contribution in [-0.2, 0) is 20.3 Å². The van der Waals surface area contributed by atoms with Gasteiger partial charge in [-0.25, -0.2) is 4.79 Å². The molecule has 0 atom stereocenters. The van der Waals surface area contributed by atoms with E-state index in [0.717, 1.165) is 16.7 Å². The van der Waals surface area contributed by atoms with Crippen LogP contribution in [0.4, 0.5) is 13.2 Å². The SMILES string of the molecule is Cn1cc([I+]c2ccc(C(F)(F)F)cc2)c(=O)n(C)c1=O. The molecule has 1 heterocycles. The zero-order chi connectivity index (χ0) is 15.8. The Bertz CT molecular complexity index is 776. The van der Waals surface area contributed by atoms with Crippen molar-refractivity contribution in [3.63, 3.8) is 0 Å². The highest BCUT2D eigenvalue weighted by molar-refractivity contribution is 5.17. The van der Waals surface area contributed by atoms with E-state index in [1.54, 1.807) is 0 Å². The quantitative estimate of drug-likeness (QED) is 0.550. The zero-order valence-corrected chi connectivity index (χ0v) is 13.3. The summed E-state index contributed by atoms with van der Waals surface area (Å²) in [5.74, 6) is 0. The zero-order valence-electron chi connectivity index (χ0n) is 11.1. The van der Waals surface area contributed by atoms with Gasteiger partial charge in [-0.2, -0.15) is 13.2 Å². The summed E-state index contributed by atoms with van der Waals surface area (Å²) in [6.07, 6.45) is -2.92. The van der Waals surface area contributed by atoms with E-state index in [2.05, 4.69) is 0 Å². The van der Waals surface area contributed by atoms with Gasteiger partial charge in [0.05, 0.1) is 11.8 Å². The summed E-state index contributed by atoms with van der Waals surface area (Å²) in [5.41, 5.74) is -1.55. The molecule has 0 N–H and O–H groups in total. The van der Waals surface area contributed by atoms with Crippen LogP contribution in [0.15, 0.2) is 40.1 Å². The molecule has 4 nitrogen and oxygen atoms in total. The first-order chi connectivity index (χ1) is 9.70. The van der Waals surface area contributed by atoms with Crippen molar-refractivity contribution < 1.29 is 34.4 Å². The van der Waals surface area contributed by atoms with Gasteiger partial charge in [-0.3, -0.25) is 13.9 Å². The lowest BCUT2D eigenvalue weighted by atomic mass is 10.2. The molecule has 0 bridgehead atoms. The third-order valence-electron chi connectivity index (χ3n) is 2.79. The van der Waals surface area contributed by atoms with Gasteiger partial charge in [-0.05, 0) is 24.3 Å². The third kappa shape index (κ3) is 3.36. The molecule has 0 aliphatic heterocycles. The summed E-state index contributed by atoms with van der Waals surface area (Å²) in [6.45, 7) is 0. The lowest BCUT2D eigenvalue weighted by molar-refractivity contribution is -0.600. The van der Waals surface area contributed by atoms with E-state index in [-0.39, 0.29) is 0 Å². The average Bonchev–Trinajstić information content (AvgIpc) is 2.42. The van der Waals surface area contributed by atoms with Gasteiger partial charge in [0.1, 0.15) is 0 Å². The lowest BCUT2D eigenvalue weighted by Crippen LogP contribution is -3.62. The van der Waals surface area contributed by atoms with Crippen molar-refractivity contribution in [2.75, 3.05) is 0 Å². The first-order valence-corrected chi connectivity index (χ1v) is 7.94. The summed E-state index contributed by atoms with van der Waals surface area (Å²) in [6, 6.07) is 4.75. The third-order valence-corrected chi connectivity index (χ3v) is 5.45. The molecular formula is C13H11F3IN2O2+. The summed E-state index contributed by atoms with van der Waals surface area (Å²) in [5, 5.41) is 0. The van der Waals surface area contributed by atoms with Crippen LogP contribution in [0.3, 0.4) is 0 Å². The van der Waals surface area contributed by atoms with E-state index in [9.17, 15) is 22.8 Å². The van der Waals surface area contributed by atoms with Crippen LogP contribution in [0, 0.1) is 7.14 Å². The Morgan fingerprint density at radius 2 is 1.62 bits per heavy atom. The summed E-state index contributed by atoms with van der Waals surface area (Å²) < 4.78 is 40.9. The minimum absolute atomic E-state index is 0.397. The normalized spacial score (nSPS) is 11.7. The number of aryl methyl sites for hydroxylation is 1. The van der Waals surface area contributed by atoms with Gasteiger partial charge in [0.2, 0.25) is 0 Å². The molecule has 1 aromatic heterocycles. The molecular weight excluding hydrogens is 400 g/mol. The fourth-order valence-corrected chi connectivity index (χ4v) is 4.19. The highest BCUT2D eigenvalue weighted by atomic mass is 127. The molecule has 2 rings (SSSR count). The second-order valence-corrected chi connectivity index (χ2v) is 7.28. The van der Waals surface area contributed by atoms with Crippen LogP contribution in [0.1, 0.15) is 5.56 Å². The van der Waals surface area contributed by atoms with E-state index in [1.807, 2.05) is 0 Å². The summed E-state index contributed by atoms with van der Waals surface area (Å²) in [4.78, 5) is 23.5. The molecule has 8 heteroatoms. The molecule has 0 saturated heterocycles. The smallest absolute Gasteiger partial charge is 0.299 e. The van der Waals surface area contributed by atoms with Crippen LogP contribution in [0.2, 0.25) is 0 Å². The predicted octanol–water partition coefficient (Wildman–Crippen LogP) is -1.77. The van der Waals surface area contributed by atoms with Gasteiger partial charge in [-0.1, -0.05) is 0 Å². The molecule has 0 saturated carbocycles. The Labute approximate surface area is 128 Å². The van der Waals surface area contributed by atoms with Crippen molar-refractivity contribution in [2.24, 2.45) is 14.1 Å². The van der Waals surface area contributed by atoms with Gasteiger partial charge < -0.3 is 0 Å². The van der Waals surface area contributed by atoms with Crippen molar-refractivity contribution in [1.82, 2.24) is 9.13 Å². The van der Waals surface area contributed by atoms with Crippen molar-refractivity contribution in [1.29, 1.82) is 0 Å². The molecule has 0 amide bonds. The maximum atomic E-state index is 12.5. The molecule has 1 aromatic carbocycles. The second kappa shape index (κ2) is 5.66. The van der Waals surface area contributed by atoms with E-state index in [0.29, 0.717) is 7.14 Å². The maximum absolute atomic E-state index is 12.5. The number of hydrogen-bond acceptors (Lipinski definition) is 2. The number of hydrogen-bond donors (Lipinski definition) is 0. The fraction of sp³-hybridized carbons (Fsp3) is 0.231. The molecule has 2 aromatic rings. The highest BCUT2D eigenvalue weighted by Gasteiger charge is 2.31. The van der Waals surface area contributed by atoms with E-state index < -0.39 is 44.2 Å². The average molecular weight is 411 g/mol. The van der Waals surface area contributed by atoms with Gasteiger partial charge in [0.15, 0.2) is 3.57 Å². The fourth-order valence-electron chi connectivity index (χ4n) is 1.65. The Morgan fingerprint density at radius 1 is 1.05 bits per heavy atom. The number of rotatable bonds is 2. The Balaban J connectivity index is 2.36. The summed E-state index contributed by atoms with van der Waals surface area (Å²) in [7, 11) is 2.91.